The second-order valence-corrected chi connectivity index (χ2v) is 30.3. The minimum atomic E-state index is -0.695. The first-order valence-corrected chi connectivity index (χ1v) is 35.1. The monoisotopic (exact) mass is 1250 g/mol. The molecule has 0 aliphatic carbocycles. The number of quaternary nitrogens is 6. The van der Waals surface area contributed by atoms with Gasteiger partial charge in [-0.15, -0.1) is 0 Å². The summed E-state index contributed by atoms with van der Waals surface area (Å²) in [6, 6.07) is 0. The van der Waals surface area contributed by atoms with E-state index in [0.29, 0.717) is 39.3 Å². The van der Waals surface area contributed by atoms with E-state index in [2.05, 4.69) is 42.3 Å². The molecule has 0 radical (unpaired) electrons. The molecule has 6 rings (SSSR count). The number of nitrogens with zero attached hydrogens (tertiary/aromatic N) is 6. The topological polar surface area (TPSA) is 204 Å². The Kier molecular flexibility index (Phi) is 33.8. The van der Waals surface area contributed by atoms with E-state index in [1.165, 1.54) is 64.2 Å². The van der Waals surface area contributed by atoms with Crippen LogP contribution in [0.1, 0.15) is 116 Å². The van der Waals surface area contributed by atoms with Crippen LogP contribution >= 0.6 is 0 Å². The maximum atomic E-state index is 11.5. The Balaban J connectivity index is 1.10. The Morgan fingerprint density at radius 3 is 0.506 bits per heavy atom. The van der Waals surface area contributed by atoms with Crippen molar-refractivity contribution in [2.24, 2.45) is 0 Å². The first-order valence-electron chi connectivity index (χ1n) is 35.1. The van der Waals surface area contributed by atoms with Gasteiger partial charge in [-0.2, -0.15) is 0 Å². The van der Waals surface area contributed by atoms with Gasteiger partial charge in [0.25, 0.3) is 0 Å². The van der Waals surface area contributed by atoms with Crippen LogP contribution in [0.2, 0.25) is 0 Å². The number of hydrogen-bond acceptors (Lipinski definition) is 15. The van der Waals surface area contributed by atoms with Gasteiger partial charge >= 0.3 is 0 Å². The molecular formula is C66H134N6O15+6. The van der Waals surface area contributed by atoms with Crippen LogP contribution in [0.3, 0.4) is 0 Å². The van der Waals surface area contributed by atoms with E-state index in [1.54, 1.807) is 0 Å². The third-order valence-corrected chi connectivity index (χ3v) is 20.4. The van der Waals surface area contributed by atoms with E-state index in [-0.39, 0.29) is 92.5 Å². The SMILES string of the molecule is C[N+]1(CC(O)COCC(COCC(COCC(COCC(COCC(O)C[N+]2(C)CCCCC2)OCC(O)C[N+]2(C)CCCCC2)OCC(O)C[N+]2(C)CCCCC2)OCC(O)C[N+]2(C)CCCCC2)OCC(O)C[N+]2(C)CCCCC2)CCCCC1. The van der Waals surface area contributed by atoms with Crippen LogP contribution in [0.25, 0.3) is 0 Å². The van der Waals surface area contributed by atoms with Gasteiger partial charge in [-0.05, 0) is 116 Å². The normalized spacial score (nSPS) is 25.5. The number of aliphatic hydroxyl groups is 6. The van der Waals surface area contributed by atoms with Gasteiger partial charge in [0.1, 0.15) is 100 Å². The molecule has 512 valence electrons. The fourth-order valence-corrected chi connectivity index (χ4v) is 15.3. The number of ether oxygens (including phenoxy) is 9. The summed E-state index contributed by atoms with van der Waals surface area (Å²) >= 11 is 0. The first kappa shape index (κ1) is 75.2. The summed E-state index contributed by atoms with van der Waals surface area (Å²) in [5.74, 6) is 0. The molecule has 6 aliphatic heterocycles. The van der Waals surface area contributed by atoms with E-state index in [9.17, 15) is 30.6 Å². The van der Waals surface area contributed by atoms with Crippen LogP contribution in [0.5, 0.6) is 0 Å². The summed E-state index contributed by atoms with van der Waals surface area (Å²) in [6.45, 7) is 18.1. The highest BCUT2D eigenvalue weighted by atomic mass is 16.6. The molecule has 0 bridgehead atoms. The van der Waals surface area contributed by atoms with Crippen molar-refractivity contribution in [3.63, 3.8) is 0 Å². The second-order valence-electron chi connectivity index (χ2n) is 30.3. The van der Waals surface area contributed by atoms with Crippen molar-refractivity contribution in [1.29, 1.82) is 0 Å². The van der Waals surface area contributed by atoms with E-state index in [4.69, 9.17) is 42.6 Å². The lowest BCUT2D eigenvalue weighted by Crippen LogP contribution is -2.53. The van der Waals surface area contributed by atoms with Crippen LogP contribution in [-0.4, -0.2) is 371 Å². The summed E-state index contributed by atoms with van der Waals surface area (Å²) in [6.07, 6.45) is 15.1. The molecule has 10 atom stereocenters. The highest BCUT2D eigenvalue weighted by molar-refractivity contribution is 4.70. The second kappa shape index (κ2) is 39.1. The van der Waals surface area contributed by atoms with Crippen molar-refractivity contribution in [1.82, 2.24) is 0 Å². The molecule has 0 spiro atoms. The van der Waals surface area contributed by atoms with Gasteiger partial charge in [0.05, 0.1) is 213 Å². The van der Waals surface area contributed by atoms with Crippen molar-refractivity contribution in [3.05, 3.63) is 0 Å². The zero-order valence-corrected chi connectivity index (χ0v) is 56.2. The summed E-state index contributed by atoms with van der Waals surface area (Å²) in [5, 5.41) is 67.8. The molecule has 6 fully saturated rings. The molecule has 87 heavy (non-hydrogen) atoms. The molecule has 0 aromatic rings. The van der Waals surface area contributed by atoms with E-state index in [1.807, 2.05) is 0 Å². The van der Waals surface area contributed by atoms with E-state index < -0.39 is 61.0 Å². The summed E-state index contributed by atoms with van der Waals surface area (Å²) in [4.78, 5) is 0. The van der Waals surface area contributed by atoms with Gasteiger partial charge in [0.2, 0.25) is 0 Å². The molecule has 21 nitrogen and oxygen atoms in total. The third-order valence-electron chi connectivity index (χ3n) is 20.4. The average Bonchev–Trinajstić information content (AvgIpc) is 3.60. The molecular weight excluding hydrogens is 1120 g/mol. The van der Waals surface area contributed by atoms with Crippen LogP contribution in [0, 0.1) is 0 Å². The Hall–Kier alpha value is -0.840. The molecule has 6 aliphatic rings. The van der Waals surface area contributed by atoms with Gasteiger partial charge in [-0.25, -0.2) is 0 Å². The van der Waals surface area contributed by atoms with Crippen molar-refractivity contribution in [3.8, 4) is 0 Å². The van der Waals surface area contributed by atoms with Crippen molar-refractivity contribution < 1.29 is 100 Å². The maximum absolute atomic E-state index is 11.5. The van der Waals surface area contributed by atoms with Crippen LogP contribution in [0.4, 0.5) is 0 Å². The molecule has 0 amide bonds. The van der Waals surface area contributed by atoms with Gasteiger partial charge in [0.15, 0.2) is 0 Å². The number of likely N-dealkylation sites (tertiary alicyclic amines) is 6. The predicted octanol–water partition coefficient (Wildman–Crippen LogP) is 2.56. The molecule has 6 heterocycles. The van der Waals surface area contributed by atoms with Crippen LogP contribution in [0.15, 0.2) is 0 Å². The fourth-order valence-electron chi connectivity index (χ4n) is 15.3. The molecule has 10 unspecified atom stereocenters. The lowest BCUT2D eigenvalue weighted by Gasteiger charge is -2.39. The van der Waals surface area contributed by atoms with Crippen molar-refractivity contribution in [2.45, 2.75) is 177 Å². The average molecular weight is 1250 g/mol. The number of likely N-dealkylation sites (N-methyl/N-ethyl adjacent to an activating group) is 6. The van der Waals surface area contributed by atoms with Gasteiger partial charge < -0.3 is 100 Å². The van der Waals surface area contributed by atoms with Crippen molar-refractivity contribution in [2.75, 3.05) is 253 Å². The quantitative estimate of drug-likeness (QED) is 0.0486. The lowest BCUT2D eigenvalue weighted by atomic mass is 10.1. The number of aliphatic hydroxyl groups excluding tert-OH is 6. The van der Waals surface area contributed by atoms with Crippen LogP contribution in [-0.2, 0) is 42.6 Å². The third kappa shape index (κ3) is 30.4. The lowest BCUT2D eigenvalue weighted by molar-refractivity contribution is -0.916. The summed E-state index contributed by atoms with van der Waals surface area (Å²) < 4.78 is 62.5. The largest absolute Gasteiger partial charge is 0.385 e. The highest BCUT2D eigenvalue weighted by Crippen LogP contribution is 2.23. The predicted molar refractivity (Wildman–Crippen MR) is 337 cm³/mol. The molecule has 6 saturated heterocycles. The Labute approximate surface area is 527 Å². The fraction of sp³-hybridized carbons (Fsp3) is 1.00. The Morgan fingerprint density at radius 1 is 0.207 bits per heavy atom. The number of piperidine rings is 6. The smallest absolute Gasteiger partial charge is 0.126 e. The standard InChI is InChI=1S/C66H134N6O15/c1-67(25-13-7-14-26-67)37-57(73)43-79-49-63(84-45-59(75)39-69(3)29-17-9-18-30-69)51-81-53-65(86-47-61(77)41-71(5)33-21-11-22-34-71)55-83-56-66(87-48-62(78)42-72(6)35-23-12-24-36-72)54-82-52-64(85-46-60(76)40-70(4)31-19-10-20-32-70)50-80-44-58(74)38-68(2)27-15-8-16-28-68/h57-66,73-78H,7-56H2,1-6H3/q+6. The minimum Gasteiger partial charge on any atom is -0.385 e. The minimum absolute atomic E-state index is 0.102. The first-order chi connectivity index (χ1) is 41.6. The molecule has 0 saturated carbocycles. The summed E-state index contributed by atoms with van der Waals surface area (Å²) in [5.41, 5.74) is 0. The zero-order valence-electron chi connectivity index (χ0n) is 56.2. The highest BCUT2D eigenvalue weighted by Gasteiger charge is 2.35. The van der Waals surface area contributed by atoms with Gasteiger partial charge in [-0.3, -0.25) is 0 Å². The summed E-state index contributed by atoms with van der Waals surface area (Å²) in [7, 11) is 13.3. The van der Waals surface area contributed by atoms with Crippen LogP contribution < -0.4 is 0 Å². The van der Waals surface area contributed by atoms with E-state index >= 15 is 0 Å². The number of hydrogen-bond donors (Lipinski definition) is 6. The van der Waals surface area contributed by atoms with Gasteiger partial charge in [-0.1, -0.05) is 0 Å². The Morgan fingerprint density at radius 2 is 0.345 bits per heavy atom. The maximum Gasteiger partial charge on any atom is 0.126 e. The van der Waals surface area contributed by atoms with Crippen molar-refractivity contribution >= 4 is 0 Å². The van der Waals surface area contributed by atoms with E-state index in [0.717, 1.165) is 157 Å². The molecule has 6 N–H and O–H groups in total. The number of rotatable bonds is 44. The Bertz CT molecular complexity index is 1660. The molecule has 0 aromatic carbocycles. The molecule has 21 heteroatoms. The molecule has 0 aromatic heterocycles. The zero-order chi connectivity index (χ0) is 62.5. The van der Waals surface area contributed by atoms with Gasteiger partial charge in [0, 0.05) is 0 Å².